The number of nitrogens with one attached hydrogen (secondary N) is 1. The Balaban J connectivity index is 1.69. The Morgan fingerprint density at radius 1 is 1.06 bits per heavy atom. The topological polar surface area (TPSA) is 94.8 Å². The van der Waals surface area contributed by atoms with Crippen LogP contribution in [0.5, 0.6) is 5.75 Å². The summed E-state index contributed by atoms with van der Waals surface area (Å²) in [5, 5.41) is 7.95. The van der Waals surface area contributed by atoms with Crippen LogP contribution >= 0.6 is 0 Å². The number of hydrogen-bond donors (Lipinski definition) is 1. The summed E-state index contributed by atoms with van der Waals surface area (Å²) < 4.78 is 21.6. The molecule has 5 aromatic rings. The minimum atomic E-state index is -0.875. The molecular weight excluding hydrogens is 435 g/mol. The Hall–Kier alpha value is -4.66. The molecule has 1 N–H and O–H groups in total. The van der Waals surface area contributed by atoms with Gasteiger partial charge in [0, 0.05) is 48.2 Å². The van der Waals surface area contributed by atoms with Crippen LogP contribution in [0.3, 0.4) is 0 Å². The first-order chi connectivity index (χ1) is 16.5. The van der Waals surface area contributed by atoms with Crippen LogP contribution in [0.25, 0.3) is 33.4 Å². The smallest absolute Gasteiger partial charge is 0.309 e. The Kier molecular flexibility index (Phi) is 5.43. The zero-order chi connectivity index (χ0) is 23.7. The molecular formula is C25H19FN6O2. The number of hydrogen-bond acceptors (Lipinski definition) is 6. The molecule has 0 atom stereocenters. The van der Waals surface area contributed by atoms with Gasteiger partial charge in [-0.2, -0.15) is 9.49 Å². The van der Waals surface area contributed by atoms with E-state index in [0.717, 1.165) is 5.56 Å². The van der Waals surface area contributed by atoms with E-state index in [1.807, 2.05) is 30.3 Å². The lowest BCUT2D eigenvalue weighted by atomic mass is 10.0. The number of nitrogens with zero attached hydrogens (tertiary/aromatic N) is 5. The molecule has 0 spiro atoms. The van der Waals surface area contributed by atoms with E-state index < -0.39 is 6.08 Å². The lowest BCUT2D eigenvalue weighted by Gasteiger charge is -2.13. The van der Waals surface area contributed by atoms with Crippen LogP contribution < -0.4 is 10.1 Å². The van der Waals surface area contributed by atoms with Gasteiger partial charge in [-0.15, -0.1) is 0 Å². The number of ether oxygens (including phenoxy) is 1. The second kappa shape index (κ2) is 8.70. The van der Waals surface area contributed by atoms with Crippen molar-refractivity contribution in [3.63, 3.8) is 0 Å². The maximum Gasteiger partial charge on any atom is 0.309 e. The zero-order valence-corrected chi connectivity index (χ0v) is 18.4. The first kappa shape index (κ1) is 21.2. The van der Waals surface area contributed by atoms with Crippen molar-refractivity contribution in [1.29, 1.82) is 0 Å². The van der Waals surface area contributed by atoms with E-state index in [1.165, 1.54) is 13.3 Å². The van der Waals surface area contributed by atoms with Gasteiger partial charge in [0.05, 0.1) is 29.6 Å². The molecule has 168 valence electrons. The Labute approximate surface area is 194 Å². The predicted octanol–water partition coefficient (Wildman–Crippen LogP) is 4.49. The van der Waals surface area contributed by atoms with Crippen molar-refractivity contribution in [3.05, 3.63) is 84.8 Å². The number of carbonyl (C=O) groups excluding carboxylic acids is 1. The van der Waals surface area contributed by atoms with Gasteiger partial charge in [-0.05, 0) is 18.2 Å². The van der Waals surface area contributed by atoms with E-state index >= 15 is 0 Å². The van der Waals surface area contributed by atoms with Crippen molar-refractivity contribution < 1.29 is 13.9 Å². The van der Waals surface area contributed by atoms with Gasteiger partial charge in [0.2, 0.25) is 0 Å². The first-order valence-corrected chi connectivity index (χ1v) is 10.4. The van der Waals surface area contributed by atoms with Crippen molar-refractivity contribution in [1.82, 2.24) is 24.7 Å². The second-order valence-corrected chi connectivity index (χ2v) is 7.54. The van der Waals surface area contributed by atoms with Crippen molar-refractivity contribution in [3.8, 4) is 28.3 Å². The van der Waals surface area contributed by atoms with Crippen LogP contribution in [0.2, 0.25) is 0 Å². The van der Waals surface area contributed by atoms with Crippen LogP contribution in [0, 0.1) is 6.08 Å². The molecule has 34 heavy (non-hydrogen) atoms. The van der Waals surface area contributed by atoms with Crippen LogP contribution in [-0.2, 0) is 7.05 Å². The molecule has 0 saturated heterocycles. The molecule has 8 nitrogen and oxygen atoms in total. The standard InChI is InChI=1S/C25H19FN6O2/c1-32-14-18(22(31-32)15-7-4-3-5-8-15)23-17-11-20(28-24(33)16-9-6-10-27-13-16)21(34-2)12-19(17)29-25(26)30-23/h3-14H,1-2H3,(H,28,33). The summed E-state index contributed by atoms with van der Waals surface area (Å²) in [6.45, 7) is 0. The van der Waals surface area contributed by atoms with Crippen LogP contribution in [0.1, 0.15) is 10.4 Å². The SMILES string of the molecule is COc1cc2nc(F)nc(-c3cn(C)nc3-c3ccccc3)c2cc1NC(=O)c1cccnc1. The summed E-state index contributed by atoms with van der Waals surface area (Å²) in [5.41, 5.74) is 3.62. The average molecular weight is 454 g/mol. The van der Waals surface area contributed by atoms with Gasteiger partial charge in [-0.1, -0.05) is 30.3 Å². The molecule has 0 aliphatic rings. The van der Waals surface area contributed by atoms with Crippen LogP contribution in [0.4, 0.5) is 10.1 Å². The van der Waals surface area contributed by atoms with E-state index in [-0.39, 0.29) is 5.91 Å². The molecule has 0 aliphatic carbocycles. The van der Waals surface area contributed by atoms with E-state index in [1.54, 1.807) is 48.4 Å². The minimum Gasteiger partial charge on any atom is -0.494 e. The summed E-state index contributed by atoms with van der Waals surface area (Å²) >= 11 is 0. The van der Waals surface area contributed by atoms with Gasteiger partial charge in [0.25, 0.3) is 5.91 Å². The van der Waals surface area contributed by atoms with E-state index in [9.17, 15) is 9.18 Å². The quantitative estimate of drug-likeness (QED) is 0.393. The highest BCUT2D eigenvalue weighted by atomic mass is 19.1. The van der Waals surface area contributed by atoms with Crippen molar-refractivity contribution >= 4 is 22.5 Å². The van der Waals surface area contributed by atoms with Crippen LogP contribution in [0.15, 0.2) is 73.2 Å². The van der Waals surface area contributed by atoms with E-state index in [0.29, 0.717) is 44.9 Å². The summed E-state index contributed by atoms with van der Waals surface area (Å²) in [4.78, 5) is 24.8. The largest absolute Gasteiger partial charge is 0.494 e. The van der Waals surface area contributed by atoms with Crippen LogP contribution in [-0.4, -0.2) is 37.7 Å². The number of fused-ring (bicyclic) bond motifs is 1. The number of halogens is 1. The molecule has 0 bridgehead atoms. The first-order valence-electron chi connectivity index (χ1n) is 10.4. The monoisotopic (exact) mass is 454 g/mol. The van der Waals surface area contributed by atoms with Gasteiger partial charge < -0.3 is 10.1 Å². The number of anilines is 1. The Morgan fingerprint density at radius 3 is 2.62 bits per heavy atom. The normalized spacial score (nSPS) is 10.9. The molecule has 0 fully saturated rings. The third kappa shape index (κ3) is 3.95. The number of aromatic nitrogens is 5. The fourth-order valence-electron chi connectivity index (χ4n) is 3.76. The molecule has 9 heteroatoms. The van der Waals surface area contributed by atoms with Crippen molar-refractivity contribution in [2.24, 2.45) is 7.05 Å². The highest BCUT2D eigenvalue weighted by Crippen LogP contribution is 2.37. The predicted molar refractivity (Wildman–Crippen MR) is 126 cm³/mol. The van der Waals surface area contributed by atoms with Gasteiger partial charge in [0.1, 0.15) is 11.4 Å². The highest BCUT2D eigenvalue weighted by molar-refractivity contribution is 6.07. The number of carbonyl (C=O) groups is 1. The summed E-state index contributed by atoms with van der Waals surface area (Å²) in [5.74, 6) is -0.0232. The van der Waals surface area contributed by atoms with Gasteiger partial charge in [-0.3, -0.25) is 14.5 Å². The zero-order valence-electron chi connectivity index (χ0n) is 18.4. The highest BCUT2D eigenvalue weighted by Gasteiger charge is 2.20. The number of amides is 1. The Bertz CT molecular complexity index is 1500. The number of pyridine rings is 1. The van der Waals surface area contributed by atoms with Gasteiger partial charge in [0.15, 0.2) is 0 Å². The maximum atomic E-state index is 14.5. The summed E-state index contributed by atoms with van der Waals surface area (Å²) in [7, 11) is 3.26. The summed E-state index contributed by atoms with van der Waals surface area (Å²) in [6, 6.07) is 16.2. The second-order valence-electron chi connectivity index (χ2n) is 7.54. The minimum absolute atomic E-state index is 0.335. The molecule has 1 amide bonds. The van der Waals surface area contributed by atoms with Gasteiger partial charge in [-0.25, -0.2) is 9.97 Å². The average Bonchev–Trinajstić information content (AvgIpc) is 3.25. The molecule has 3 heterocycles. The molecule has 0 saturated carbocycles. The third-order valence-electron chi connectivity index (χ3n) is 5.29. The third-order valence-corrected chi connectivity index (χ3v) is 5.29. The lowest BCUT2D eigenvalue weighted by molar-refractivity contribution is 0.102. The van der Waals surface area contributed by atoms with E-state index in [4.69, 9.17) is 4.74 Å². The maximum absolute atomic E-state index is 14.5. The summed E-state index contributed by atoms with van der Waals surface area (Å²) in [6.07, 6.45) is 3.96. The lowest BCUT2D eigenvalue weighted by Crippen LogP contribution is -2.13. The fraction of sp³-hybridized carbons (Fsp3) is 0.0800. The molecule has 3 aromatic heterocycles. The van der Waals surface area contributed by atoms with Crippen molar-refractivity contribution in [2.75, 3.05) is 12.4 Å². The fourth-order valence-corrected chi connectivity index (χ4v) is 3.76. The number of benzene rings is 2. The number of aryl methyl sites for hydroxylation is 1. The molecule has 5 rings (SSSR count). The Morgan fingerprint density at radius 2 is 1.88 bits per heavy atom. The molecule has 2 aromatic carbocycles. The number of rotatable bonds is 5. The van der Waals surface area contributed by atoms with E-state index in [2.05, 4.69) is 25.4 Å². The number of methoxy groups -OCH3 is 1. The molecule has 0 radical (unpaired) electrons. The molecule has 0 unspecified atom stereocenters. The molecule has 0 aliphatic heterocycles. The van der Waals surface area contributed by atoms with Gasteiger partial charge >= 0.3 is 6.08 Å². The van der Waals surface area contributed by atoms with Crippen molar-refractivity contribution in [2.45, 2.75) is 0 Å².